The van der Waals surface area contributed by atoms with Gasteiger partial charge in [0.1, 0.15) is 5.75 Å². The highest BCUT2D eigenvalue weighted by atomic mass is 16.3. The molecule has 0 aromatic heterocycles. The largest absolute Gasteiger partial charge is 0.508 e. The van der Waals surface area contributed by atoms with Crippen LogP contribution in [0, 0.1) is 13.8 Å². The molecule has 0 aliphatic heterocycles. The first-order valence-corrected chi connectivity index (χ1v) is 5.24. The van der Waals surface area contributed by atoms with Gasteiger partial charge in [0.25, 0.3) is 0 Å². The maximum absolute atomic E-state index is 9.60. The Morgan fingerprint density at radius 3 is 2.44 bits per heavy atom. The van der Waals surface area contributed by atoms with E-state index in [1.807, 2.05) is 44.2 Å². The fourth-order valence-electron chi connectivity index (χ4n) is 1.82. The van der Waals surface area contributed by atoms with Crippen LogP contribution < -0.4 is 5.73 Å². The third kappa shape index (κ3) is 1.87. The zero-order chi connectivity index (χ0) is 11.7. The molecule has 0 radical (unpaired) electrons. The summed E-state index contributed by atoms with van der Waals surface area (Å²) in [7, 11) is 0. The van der Waals surface area contributed by atoms with Crippen LogP contribution in [0.2, 0.25) is 0 Å². The summed E-state index contributed by atoms with van der Waals surface area (Å²) >= 11 is 0. The molecule has 0 saturated heterocycles. The van der Waals surface area contributed by atoms with Crippen LogP contribution in [0.25, 0.3) is 11.1 Å². The Bertz CT molecular complexity index is 532. The van der Waals surface area contributed by atoms with E-state index < -0.39 is 0 Å². The van der Waals surface area contributed by atoms with Crippen molar-refractivity contribution in [3.63, 3.8) is 0 Å². The van der Waals surface area contributed by atoms with Crippen molar-refractivity contribution in [2.45, 2.75) is 13.8 Å². The quantitative estimate of drug-likeness (QED) is 0.714. The number of rotatable bonds is 1. The monoisotopic (exact) mass is 213 g/mol. The smallest absolute Gasteiger partial charge is 0.118 e. The molecule has 0 spiro atoms. The predicted molar refractivity (Wildman–Crippen MR) is 67.4 cm³/mol. The lowest BCUT2D eigenvalue weighted by Crippen LogP contribution is -1.88. The van der Waals surface area contributed by atoms with E-state index in [1.165, 1.54) is 0 Å². The maximum atomic E-state index is 9.60. The molecule has 3 N–H and O–H groups in total. The van der Waals surface area contributed by atoms with Crippen LogP contribution in [0.15, 0.2) is 36.4 Å². The molecule has 0 aliphatic rings. The average molecular weight is 213 g/mol. The first-order valence-electron chi connectivity index (χ1n) is 5.24. The molecule has 0 unspecified atom stereocenters. The summed E-state index contributed by atoms with van der Waals surface area (Å²) in [4.78, 5) is 0. The lowest BCUT2D eigenvalue weighted by atomic mass is 9.97. The normalized spacial score (nSPS) is 10.4. The van der Waals surface area contributed by atoms with Crippen LogP contribution in [-0.2, 0) is 0 Å². The SMILES string of the molecule is Cc1cc(-c2cccc(N)c2)c(C)cc1O. The van der Waals surface area contributed by atoms with Crippen molar-refractivity contribution in [1.82, 2.24) is 0 Å². The lowest BCUT2D eigenvalue weighted by molar-refractivity contribution is 0.471. The Kier molecular flexibility index (Phi) is 2.57. The second-order valence-electron chi connectivity index (χ2n) is 4.08. The second-order valence-corrected chi connectivity index (χ2v) is 4.08. The van der Waals surface area contributed by atoms with E-state index in [2.05, 4.69) is 0 Å². The van der Waals surface area contributed by atoms with Gasteiger partial charge in [-0.1, -0.05) is 12.1 Å². The number of nitrogens with two attached hydrogens (primary N) is 1. The highest BCUT2D eigenvalue weighted by molar-refractivity contribution is 5.72. The molecular formula is C14H15NO. The summed E-state index contributed by atoms with van der Waals surface area (Å²) in [5.41, 5.74) is 10.6. The van der Waals surface area contributed by atoms with Gasteiger partial charge in [0, 0.05) is 5.69 Å². The van der Waals surface area contributed by atoms with Gasteiger partial charge in [-0.25, -0.2) is 0 Å². The molecule has 2 heteroatoms. The Morgan fingerprint density at radius 2 is 1.75 bits per heavy atom. The molecule has 0 heterocycles. The topological polar surface area (TPSA) is 46.2 Å². The van der Waals surface area contributed by atoms with Gasteiger partial charge in [0.05, 0.1) is 0 Å². The minimum Gasteiger partial charge on any atom is -0.508 e. The van der Waals surface area contributed by atoms with Crippen LogP contribution in [0.5, 0.6) is 5.75 Å². The number of benzene rings is 2. The summed E-state index contributed by atoms with van der Waals surface area (Å²) in [6.07, 6.45) is 0. The Hall–Kier alpha value is -1.96. The van der Waals surface area contributed by atoms with E-state index in [1.54, 1.807) is 6.07 Å². The second kappa shape index (κ2) is 3.89. The van der Waals surface area contributed by atoms with Gasteiger partial charge in [0.2, 0.25) is 0 Å². The number of hydrogen-bond acceptors (Lipinski definition) is 2. The van der Waals surface area contributed by atoms with Gasteiger partial charge in [-0.05, 0) is 60.4 Å². The summed E-state index contributed by atoms with van der Waals surface area (Å²) in [6, 6.07) is 11.5. The number of hydrogen-bond donors (Lipinski definition) is 2. The molecular weight excluding hydrogens is 198 g/mol. The first-order chi connectivity index (χ1) is 7.58. The average Bonchev–Trinajstić information content (AvgIpc) is 2.23. The number of nitrogen functional groups attached to an aromatic ring is 1. The van der Waals surface area contributed by atoms with Crippen LogP contribution in [0.1, 0.15) is 11.1 Å². The van der Waals surface area contributed by atoms with Crippen molar-refractivity contribution < 1.29 is 5.11 Å². The van der Waals surface area contributed by atoms with Crippen molar-refractivity contribution in [2.75, 3.05) is 5.73 Å². The minimum atomic E-state index is 0.338. The maximum Gasteiger partial charge on any atom is 0.118 e. The highest BCUT2D eigenvalue weighted by Crippen LogP contribution is 2.30. The number of phenolic OH excluding ortho intramolecular Hbond substituents is 1. The fourth-order valence-corrected chi connectivity index (χ4v) is 1.82. The molecule has 2 aromatic carbocycles. The number of anilines is 1. The summed E-state index contributed by atoms with van der Waals surface area (Å²) in [5.74, 6) is 0.338. The van der Waals surface area contributed by atoms with Crippen molar-refractivity contribution in [3.05, 3.63) is 47.5 Å². The Balaban J connectivity index is 2.60. The molecule has 16 heavy (non-hydrogen) atoms. The first kappa shape index (κ1) is 10.6. The van der Waals surface area contributed by atoms with E-state index >= 15 is 0 Å². The number of aromatic hydroxyl groups is 1. The van der Waals surface area contributed by atoms with Crippen molar-refractivity contribution in [1.29, 1.82) is 0 Å². The van der Waals surface area contributed by atoms with Crippen molar-refractivity contribution >= 4 is 5.69 Å². The molecule has 82 valence electrons. The lowest BCUT2D eigenvalue weighted by Gasteiger charge is -2.09. The van der Waals surface area contributed by atoms with Crippen molar-refractivity contribution in [2.24, 2.45) is 0 Å². The van der Waals surface area contributed by atoms with E-state index in [-0.39, 0.29) is 0 Å². The fraction of sp³-hybridized carbons (Fsp3) is 0.143. The summed E-state index contributed by atoms with van der Waals surface area (Å²) in [6.45, 7) is 3.88. The van der Waals surface area contributed by atoms with Gasteiger partial charge < -0.3 is 10.8 Å². The van der Waals surface area contributed by atoms with Gasteiger partial charge in [-0.3, -0.25) is 0 Å². The van der Waals surface area contributed by atoms with Gasteiger partial charge in [-0.2, -0.15) is 0 Å². The minimum absolute atomic E-state index is 0.338. The number of phenols is 1. The van der Waals surface area contributed by atoms with E-state index in [9.17, 15) is 5.11 Å². The molecule has 2 nitrogen and oxygen atoms in total. The standard InChI is InChI=1S/C14H15NO/c1-9-7-14(16)10(2)6-13(9)11-4-3-5-12(15)8-11/h3-8,16H,15H2,1-2H3. The third-order valence-electron chi connectivity index (χ3n) is 2.74. The van der Waals surface area contributed by atoms with Crippen LogP contribution in [0.4, 0.5) is 5.69 Å². The van der Waals surface area contributed by atoms with Crippen molar-refractivity contribution in [3.8, 4) is 16.9 Å². The van der Waals surface area contributed by atoms with Crippen LogP contribution in [0.3, 0.4) is 0 Å². The molecule has 0 bridgehead atoms. The van der Waals surface area contributed by atoms with Gasteiger partial charge in [0.15, 0.2) is 0 Å². The molecule has 0 atom stereocenters. The van der Waals surface area contributed by atoms with Crippen LogP contribution >= 0.6 is 0 Å². The van der Waals surface area contributed by atoms with Gasteiger partial charge in [-0.15, -0.1) is 0 Å². The molecule has 0 fully saturated rings. The highest BCUT2D eigenvalue weighted by Gasteiger charge is 2.05. The molecule has 0 aliphatic carbocycles. The van der Waals surface area contributed by atoms with E-state index in [4.69, 9.17) is 5.73 Å². The zero-order valence-corrected chi connectivity index (χ0v) is 9.49. The molecule has 2 rings (SSSR count). The Morgan fingerprint density at radius 1 is 1.00 bits per heavy atom. The predicted octanol–water partition coefficient (Wildman–Crippen LogP) is 3.26. The number of aryl methyl sites for hydroxylation is 2. The summed E-state index contributed by atoms with van der Waals surface area (Å²) in [5, 5.41) is 9.60. The van der Waals surface area contributed by atoms with Crippen LogP contribution in [-0.4, -0.2) is 5.11 Å². The van der Waals surface area contributed by atoms with E-state index in [0.29, 0.717) is 5.75 Å². The Labute approximate surface area is 95.4 Å². The third-order valence-corrected chi connectivity index (χ3v) is 2.74. The summed E-state index contributed by atoms with van der Waals surface area (Å²) < 4.78 is 0. The molecule has 2 aromatic rings. The zero-order valence-electron chi connectivity index (χ0n) is 9.49. The van der Waals surface area contributed by atoms with E-state index in [0.717, 1.165) is 27.9 Å². The van der Waals surface area contributed by atoms with Gasteiger partial charge >= 0.3 is 0 Å². The molecule has 0 saturated carbocycles. The molecule has 0 amide bonds.